The lowest BCUT2D eigenvalue weighted by atomic mass is 9.74. The minimum atomic E-state index is -0.600. The Morgan fingerprint density at radius 3 is 2.00 bits per heavy atom. The smallest absolute Gasteiger partial charge is 0.335 e. The topological polar surface area (TPSA) is 104 Å². The molecule has 2 fully saturated rings. The van der Waals surface area contributed by atoms with E-state index in [1.165, 1.54) is 112 Å². The maximum atomic E-state index is 11.7. The van der Waals surface area contributed by atoms with Gasteiger partial charge in [-0.25, -0.2) is 4.79 Å². The third-order valence-corrected chi connectivity index (χ3v) is 10.8. The lowest BCUT2D eigenvalue weighted by Gasteiger charge is -2.32. The Morgan fingerprint density at radius 2 is 1.44 bits per heavy atom. The van der Waals surface area contributed by atoms with Gasteiger partial charge in [0, 0.05) is 18.1 Å². The molecular weight excluding hydrogens is 600 g/mol. The molecule has 48 heavy (non-hydrogen) atoms. The fraction of sp³-hybridized carbons (Fsp3) is 0.619. The van der Waals surface area contributed by atoms with Crippen LogP contribution in [0.2, 0.25) is 0 Å². The van der Waals surface area contributed by atoms with Crippen LogP contribution in [0.15, 0.2) is 60.7 Å². The summed E-state index contributed by atoms with van der Waals surface area (Å²) in [5.74, 6) is 2.92. The first-order chi connectivity index (χ1) is 23.3. The number of hydrogen-bond acceptors (Lipinski definition) is 6. The van der Waals surface area contributed by atoms with E-state index in [4.69, 9.17) is 14.9 Å². The second-order valence-electron chi connectivity index (χ2n) is 14.5. The molecule has 266 valence electrons. The van der Waals surface area contributed by atoms with Crippen molar-refractivity contribution in [1.82, 2.24) is 0 Å². The van der Waals surface area contributed by atoms with Gasteiger partial charge < -0.3 is 20.1 Å². The highest BCUT2D eigenvalue weighted by Gasteiger charge is 2.25. The van der Waals surface area contributed by atoms with E-state index in [0.29, 0.717) is 12.2 Å². The van der Waals surface area contributed by atoms with E-state index in [1.54, 1.807) is 0 Å². The summed E-state index contributed by atoms with van der Waals surface area (Å²) < 4.78 is 5.18. The maximum absolute atomic E-state index is 11.7. The number of benzene rings is 2. The van der Waals surface area contributed by atoms with Crippen LogP contribution in [0.25, 0.3) is 10.8 Å². The quantitative estimate of drug-likeness (QED) is 0.0639. The van der Waals surface area contributed by atoms with E-state index in [0.717, 1.165) is 30.6 Å². The second-order valence-corrected chi connectivity index (χ2v) is 14.5. The van der Waals surface area contributed by atoms with Crippen molar-refractivity contribution < 1.29 is 29.6 Å². The summed E-state index contributed by atoms with van der Waals surface area (Å²) in [5, 5.41) is 29.3. The Bertz CT molecular complexity index is 1270. The summed E-state index contributed by atoms with van der Waals surface area (Å²) in [6.07, 6.45) is 22.1. The molecule has 1 atom stereocenters. The minimum absolute atomic E-state index is 0.0364. The number of aliphatic hydroxyl groups is 3. The molecule has 6 nitrogen and oxygen atoms in total. The number of carbonyl (C=O) groups is 2. The van der Waals surface area contributed by atoms with Crippen molar-refractivity contribution in [3.8, 4) is 0 Å². The van der Waals surface area contributed by atoms with Crippen molar-refractivity contribution in [2.45, 2.75) is 116 Å². The molecular formula is C42H62O6. The number of unbranched alkanes of at least 4 members (excludes halogenated alkanes) is 2. The van der Waals surface area contributed by atoms with Crippen molar-refractivity contribution in [3.05, 3.63) is 71.8 Å². The highest BCUT2D eigenvalue weighted by molar-refractivity contribution is 5.87. The molecule has 0 spiro atoms. The third-order valence-electron chi connectivity index (χ3n) is 10.8. The monoisotopic (exact) mass is 662 g/mol. The molecule has 3 N–H and O–H groups in total. The van der Waals surface area contributed by atoms with Gasteiger partial charge in [0.25, 0.3) is 0 Å². The Kier molecular flexibility index (Phi) is 18.2. The number of aldehydes is 1. The molecule has 0 aliphatic heterocycles. The summed E-state index contributed by atoms with van der Waals surface area (Å²) in [6, 6.07) is 13.7. The zero-order chi connectivity index (χ0) is 34.7. The van der Waals surface area contributed by atoms with Crippen LogP contribution in [0, 0.1) is 23.7 Å². The second kappa shape index (κ2) is 22.0. The standard InChI is InChI=1S/C38H56O4.C4H6O2/c1-3-4-5-6-29-7-9-30(10-8-29)11-12-31-15-18-34(19-16-31)36-22-21-35-23-32(17-20-37(35)24-36)13-14-33(26-40)27-42-38(41)28(2)25-39;1-4(2-5)3-6/h17,20-24,29-31,33-34,39-40H,2-16,18-19,25-27H2,1H3;2,6H,1,3H2. The fourth-order valence-corrected chi connectivity index (χ4v) is 7.47. The summed E-state index contributed by atoms with van der Waals surface area (Å²) in [4.78, 5) is 21.2. The summed E-state index contributed by atoms with van der Waals surface area (Å²) >= 11 is 0. The zero-order valence-electron chi connectivity index (χ0n) is 29.6. The number of aliphatic hydroxyl groups excluding tert-OH is 3. The van der Waals surface area contributed by atoms with E-state index in [2.05, 4.69) is 56.5 Å². The van der Waals surface area contributed by atoms with Gasteiger partial charge in [-0.3, -0.25) is 4.79 Å². The van der Waals surface area contributed by atoms with Gasteiger partial charge >= 0.3 is 5.97 Å². The van der Waals surface area contributed by atoms with Gasteiger partial charge in [-0.1, -0.05) is 121 Å². The largest absolute Gasteiger partial charge is 0.462 e. The van der Waals surface area contributed by atoms with Gasteiger partial charge in [-0.05, 0) is 84.1 Å². The predicted octanol–water partition coefficient (Wildman–Crippen LogP) is 8.65. The summed E-state index contributed by atoms with van der Waals surface area (Å²) in [5.41, 5.74) is 2.98. The minimum Gasteiger partial charge on any atom is -0.462 e. The summed E-state index contributed by atoms with van der Waals surface area (Å²) in [6.45, 7) is 8.41. The van der Waals surface area contributed by atoms with Gasteiger partial charge in [0.1, 0.15) is 6.29 Å². The van der Waals surface area contributed by atoms with Crippen molar-refractivity contribution in [2.75, 3.05) is 26.4 Å². The van der Waals surface area contributed by atoms with E-state index in [-0.39, 0.29) is 36.9 Å². The SMILES string of the molecule is C=C(C=O)CO.C=C(CO)C(=O)OCC(CO)CCc1ccc2cc(C3CCC(CCC4CCC(CCCCC)CC4)CC3)ccc2c1. The van der Waals surface area contributed by atoms with Crippen LogP contribution in [0.3, 0.4) is 0 Å². The van der Waals surface area contributed by atoms with Crippen LogP contribution in [0.1, 0.15) is 120 Å². The number of hydrogen-bond donors (Lipinski definition) is 3. The first-order valence-electron chi connectivity index (χ1n) is 18.6. The molecule has 2 aromatic rings. The lowest BCUT2D eigenvalue weighted by molar-refractivity contribution is -0.141. The van der Waals surface area contributed by atoms with Gasteiger partial charge in [0.15, 0.2) is 0 Å². The molecule has 0 saturated heterocycles. The highest BCUT2D eigenvalue weighted by Crippen LogP contribution is 2.41. The van der Waals surface area contributed by atoms with Gasteiger partial charge in [-0.2, -0.15) is 0 Å². The van der Waals surface area contributed by atoms with Gasteiger partial charge in [0.05, 0.1) is 25.4 Å². The number of ether oxygens (including phenoxy) is 1. The predicted molar refractivity (Wildman–Crippen MR) is 196 cm³/mol. The number of esters is 1. The Hall–Kier alpha value is -2.80. The van der Waals surface area contributed by atoms with E-state index >= 15 is 0 Å². The van der Waals surface area contributed by atoms with Gasteiger partial charge in [-0.15, -0.1) is 0 Å². The van der Waals surface area contributed by atoms with Crippen LogP contribution >= 0.6 is 0 Å². The molecule has 6 heteroatoms. The van der Waals surface area contributed by atoms with Crippen LogP contribution in [-0.2, 0) is 20.7 Å². The molecule has 2 aliphatic carbocycles. The Balaban J connectivity index is 0.000000952. The Morgan fingerprint density at radius 1 is 0.833 bits per heavy atom. The lowest BCUT2D eigenvalue weighted by Crippen LogP contribution is -2.19. The van der Waals surface area contributed by atoms with E-state index in [9.17, 15) is 14.7 Å². The number of fused-ring (bicyclic) bond motifs is 1. The van der Waals surface area contributed by atoms with E-state index in [1.807, 2.05) is 0 Å². The van der Waals surface area contributed by atoms with E-state index < -0.39 is 12.6 Å². The highest BCUT2D eigenvalue weighted by atomic mass is 16.5. The first kappa shape index (κ1) is 39.6. The first-order valence-corrected chi connectivity index (χ1v) is 18.6. The average Bonchev–Trinajstić information content (AvgIpc) is 3.14. The van der Waals surface area contributed by atoms with Crippen LogP contribution in [0.5, 0.6) is 0 Å². The molecule has 2 saturated carbocycles. The maximum Gasteiger partial charge on any atom is 0.335 e. The zero-order valence-corrected chi connectivity index (χ0v) is 29.6. The molecule has 2 aromatic carbocycles. The molecule has 0 bridgehead atoms. The number of carbonyl (C=O) groups excluding carboxylic acids is 2. The van der Waals surface area contributed by atoms with Crippen molar-refractivity contribution in [2.24, 2.45) is 23.7 Å². The van der Waals surface area contributed by atoms with Gasteiger partial charge in [0.2, 0.25) is 0 Å². The number of rotatable bonds is 18. The molecule has 1 unspecified atom stereocenters. The van der Waals surface area contributed by atoms with Crippen LogP contribution in [0.4, 0.5) is 0 Å². The molecule has 0 radical (unpaired) electrons. The average molecular weight is 663 g/mol. The van der Waals surface area contributed by atoms with Crippen LogP contribution < -0.4 is 0 Å². The van der Waals surface area contributed by atoms with Crippen molar-refractivity contribution >= 4 is 23.0 Å². The molecule has 4 rings (SSSR count). The molecule has 0 amide bonds. The van der Waals surface area contributed by atoms with Crippen LogP contribution in [-0.4, -0.2) is 54.0 Å². The van der Waals surface area contributed by atoms with Crippen molar-refractivity contribution in [3.63, 3.8) is 0 Å². The Labute approximate surface area is 289 Å². The third kappa shape index (κ3) is 13.6. The number of aryl methyl sites for hydroxylation is 1. The molecule has 0 aromatic heterocycles. The molecule has 0 heterocycles. The molecule has 2 aliphatic rings. The fourth-order valence-electron chi connectivity index (χ4n) is 7.47. The van der Waals surface area contributed by atoms with Crippen molar-refractivity contribution in [1.29, 1.82) is 0 Å². The summed E-state index contributed by atoms with van der Waals surface area (Å²) in [7, 11) is 0. The normalized spacial score (nSPS) is 21.5.